The molecule has 5 nitrogen and oxygen atoms in total. The Morgan fingerprint density at radius 3 is 2.65 bits per heavy atom. The zero-order valence-corrected chi connectivity index (χ0v) is 14.7. The molecule has 0 bridgehead atoms. The quantitative estimate of drug-likeness (QED) is 0.831. The Morgan fingerprint density at radius 1 is 1.39 bits per heavy atom. The minimum atomic E-state index is 0.0668. The number of nitrogens with zero attached hydrogens (tertiary/aromatic N) is 3. The number of methoxy groups -OCH3 is 1. The van der Waals surface area contributed by atoms with E-state index in [1.54, 1.807) is 25.8 Å². The Labute approximate surface area is 141 Å². The number of hydrogen-bond acceptors (Lipinski definition) is 4. The van der Waals surface area contributed by atoms with Crippen LogP contribution in [0.1, 0.15) is 25.3 Å². The van der Waals surface area contributed by atoms with Crippen molar-refractivity contribution >= 4 is 22.8 Å². The number of carbonyl (C=O) groups is 1. The summed E-state index contributed by atoms with van der Waals surface area (Å²) in [5.41, 5.74) is 1.10. The molecule has 2 aliphatic rings. The molecule has 1 aliphatic carbocycles. The van der Waals surface area contributed by atoms with E-state index in [1.807, 2.05) is 36.2 Å². The van der Waals surface area contributed by atoms with Crippen molar-refractivity contribution < 1.29 is 9.53 Å². The molecule has 1 saturated heterocycles. The number of rotatable bonds is 5. The van der Waals surface area contributed by atoms with Crippen LogP contribution in [0.2, 0.25) is 0 Å². The Bertz CT molecular complexity index is 598. The molecule has 1 aliphatic heterocycles. The predicted molar refractivity (Wildman–Crippen MR) is 93.7 cm³/mol. The number of amides is 1. The van der Waals surface area contributed by atoms with E-state index in [0.29, 0.717) is 12.6 Å². The van der Waals surface area contributed by atoms with Crippen LogP contribution in [0.15, 0.2) is 29.3 Å². The summed E-state index contributed by atoms with van der Waals surface area (Å²) < 4.78 is 5.19. The van der Waals surface area contributed by atoms with Gasteiger partial charge in [-0.1, -0.05) is 23.9 Å². The van der Waals surface area contributed by atoms with Crippen LogP contribution in [0.25, 0.3) is 0 Å². The average molecular weight is 333 g/mol. The van der Waals surface area contributed by atoms with Gasteiger partial charge in [-0.2, -0.15) is 0 Å². The molecule has 6 heteroatoms. The maximum atomic E-state index is 12.2. The normalized spacial score (nSPS) is 22.5. The molecule has 1 atom stereocenters. The topological polar surface area (TPSA) is 45.1 Å². The molecular formula is C17H23N3O2S. The number of ether oxygens (including phenoxy) is 1. The van der Waals surface area contributed by atoms with Gasteiger partial charge in [0.15, 0.2) is 5.17 Å². The van der Waals surface area contributed by atoms with E-state index in [4.69, 9.17) is 9.73 Å². The summed E-state index contributed by atoms with van der Waals surface area (Å²) in [7, 11) is 3.69. The second kappa shape index (κ2) is 6.83. The third-order valence-corrected chi connectivity index (χ3v) is 5.34. The van der Waals surface area contributed by atoms with Gasteiger partial charge in [0.2, 0.25) is 5.91 Å². The lowest BCUT2D eigenvalue weighted by Crippen LogP contribution is -2.47. The fraction of sp³-hybridized carbons (Fsp3) is 0.529. The van der Waals surface area contributed by atoms with Crippen LogP contribution in [0.3, 0.4) is 0 Å². The van der Waals surface area contributed by atoms with Crippen molar-refractivity contribution in [3.63, 3.8) is 0 Å². The highest BCUT2D eigenvalue weighted by molar-refractivity contribution is 8.14. The average Bonchev–Trinajstić information content (AvgIpc) is 3.30. The summed E-state index contributed by atoms with van der Waals surface area (Å²) >= 11 is 1.75. The molecule has 1 aromatic carbocycles. The highest BCUT2D eigenvalue weighted by atomic mass is 32.2. The summed E-state index contributed by atoms with van der Waals surface area (Å²) in [5, 5.41) is 1.07. The second-order valence-electron chi connectivity index (χ2n) is 6.04. The summed E-state index contributed by atoms with van der Waals surface area (Å²) in [6.45, 7) is 2.24. The number of amidine groups is 1. The predicted octanol–water partition coefficient (Wildman–Crippen LogP) is 2.57. The lowest BCUT2D eigenvalue weighted by atomic mass is 10.2. The Balaban J connectivity index is 1.72. The van der Waals surface area contributed by atoms with Gasteiger partial charge >= 0.3 is 0 Å². The summed E-state index contributed by atoms with van der Waals surface area (Å²) in [4.78, 5) is 21.0. The molecule has 2 fully saturated rings. The molecule has 1 saturated carbocycles. The van der Waals surface area contributed by atoms with E-state index < -0.39 is 0 Å². The maximum Gasteiger partial charge on any atom is 0.221 e. The summed E-state index contributed by atoms with van der Waals surface area (Å²) in [6.07, 6.45) is 2.47. The Kier molecular flexibility index (Phi) is 4.80. The lowest BCUT2D eigenvalue weighted by Gasteiger charge is -2.32. The Hall–Kier alpha value is -1.69. The van der Waals surface area contributed by atoms with Crippen molar-refractivity contribution in [1.82, 2.24) is 9.80 Å². The van der Waals surface area contributed by atoms with E-state index in [9.17, 15) is 4.79 Å². The third kappa shape index (κ3) is 3.80. The SMILES string of the molecule is COc1ccc(CN(C(C)=O)C2CSC(=NC3CC3)N2C)cc1. The van der Waals surface area contributed by atoms with E-state index in [-0.39, 0.29) is 12.1 Å². The van der Waals surface area contributed by atoms with Gasteiger partial charge in [0.1, 0.15) is 11.9 Å². The fourth-order valence-corrected chi connectivity index (χ4v) is 3.88. The second-order valence-corrected chi connectivity index (χ2v) is 7.03. The van der Waals surface area contributed by atoms with Crippen LogP contribution < -0.4 is 4.74 Å². The molecular weight excluding hydrogens is 310 g/mol. The van der Waals surface area contributed by atoms with Crippen molar-refractivity contribution in [1.29, 1.82) is 0 Å². The lowest BCUT2D eigenvalue weighted by molar-refractivity contribution is -0.133. The van der Waals surface area contributed by atoms with Gasteiger partial charge in [-0.05, 0) is 30.5 Å². The smallest absolute Gasteiger partial charge is 0.221 e. The van der Waals surface area contributed by atoms with Crippen molar-refractivity contribution in [2.24, 2.45) is 4.99 Å². The zero-order chi connectivity index (χ0) is 16.4. The first-order chi connectivity index (χ1) is 11.1. The van der Waals surface area contributed by atoms with Gasteiger partial charge in [0, 0.05) is 26.3 Å². The monoisotopic (exact) mass is 333 g/mol. The van der Waals surface area contributed by atoms with Crippen molar-refractivity contribution in [3.8, 4) is 5.75 Å². The van der Waals surface area contributed by atoms with Gasteiger partial charge in [-0.3, -0.25) is 9.79 Å². The van der Waals surface area contributed by atoms with E-state index in [2.05, 4.69) is 4.90 Å². The van der Waals surface area contributed by atoms with Crippen LogP contribution in [-0.2, 0) is 11.3 Å². The first kappa shape index (κ1) is 16.2. The Morgan fingerprint density at radius 2 is 2.09 bits per heavy atom. The van der Waals surface area contributed by atoms with Gasteiger partial charge in [-0.25, -0.2) is 0 Å². The number of benzene rings is 1. The molecule has 124 valence electrons. The van der Waals surface area contributed by atoms with Gasteiger partial charge in [0.25, 0.3) is 0 Å². The number of carbonyl (C=O) groups excluding carboxylic acids is 1. The van der Waals surface area contributed by atoms with Crippen molar-refractivity contribution in [2.45, 2.75) is 38.5 Å². The molecule has 23 heavy (non-hydrogen) atoms. The fourth-order valence-electron chi connectivity index (χ4n) is 2.63. The molecule has 1 heterocycles. The number of hydrogen-bond donors (Lipinski definition) is 0. The molecule has 0 N–H and O–H groups in total. The first-order valence-corrected chi connectivity index (χ1v) is 8.90. The van der Waals surface area contributed by atoms with Gasteiger partial charge in [-0.15, -0.1) is 0 Å². The van der Waals surface area contributed by atoms with Crippen LogP contribution in [0.5, 0.6) is 5.75 Å². The summed E-state index contributed by atoms with van der Waals surface area (Å²) in [5.74, 6) is 1.79. The molecule has 0 aromatic heterocycles. The number of aliphatic imine (C=N–C) groups is 1. The standard InChI is InChI=1S/C17H23N3O2S/c1-12(21)20(10-13-4-8-15(22-3)9-5-13)16-11-23-17(19(16)2)18-14-6-7-14/h4-5,8-9,14,16H,6-7,10-11H2,1-3H3. The van der Waals surface area contributed by atoms with Crippen LogP contribution >= 0.6 is 11.8 Å². The minimum absolute atomic E-state index is 0.0668. The molecule has 0 spiro atoms. The zero-order valence-electron chi connectivity index (χ0n) is 13.9. The summed E-state index contributed by atoms with van der Waals surface area (Å²) in [6, 6.07) is 8.39. The highest BCUT2D eigenvalue weighted by Gasteiger charge is 2.35. The van der Waals surface area contributed by atoms with Gasteiger partial charge in [0.05, 0.1) is 13.2 Å². The van der Waals surface area contributed by atoms with E-state index >= 15 is 0 Å². The van der Waals surface area contributed by atoms with Crippen LogP contribution in [0, 0.1) is 0 Å². The molecule has 1 unspecified atom stereocenters. The van der Waals surface area contributed by atoms with Crippen molar-refractivity contribution in [2.75, 3.05) is 19.9 Å². The molecule has 1 aromatic rings. The van der Waals surface area contributed by atoms with Gasteiger partial charge < -0.3 is 14.5 Å². The number of thioether (sulfide) groups is 1. The van der Waals surface area contributed by atoms with E-state index in [1.165, 1.54) is 12.8 Å². The largest absolute Gasteiger partial charge is 0.497 e. The molecule has 3 rings (SSSR count). The maximum absolute atomic E-state index is 12.2. The first-order valence-electron chi connectivity index (χ1n) is 7.92. The minimum Gasteiger partial charge on any atom is -0.497 e. The van der Waals surface area contributed by atoms with Crippen molar-refractivity contribution in [3.05, 3.63) is 29.8 Å². The van der Waals surface area contributed by atoms with E-state index in [0.717, 1.165) is 22.2 Å². The molecule has 1 amide bonds. The third-order valence-electron chi connectivity index (χ3n) is 4.23. The van der Waals surface area contributed by atoms with Crippen LogP contribution in [-0.4, -0.2) is 53.0 Å². The highest BCUT2D eigenvalue weighted by Crippen LogP contribution is 2.31. The van der Waals surface area contributed by atoms with Crippen LogP contribution in [0.4, 0.5) is 0 Å². The molecule has 0 radical (unpaired) electrons.